The third-order valence-corrected chi connectivity index (χ3v) is 8.25. The first-order valence-corrected chi connectivity index (χ1v) is 9.51. The summed E-state index contributed by atoms with van der Waals surface area (Å²) in [5.41, 5.74) is 1.97. The average Bonchev–Trinajstić information content (AvgIpc) is 2.86. The highest BCUT2D eigenvalue weighted by atomic mass is 16.1. The first-order valence-electron chi connectivity index (χ1n) is 10.1. The second-order valence-electron chi connectivity index (χ2n) is 9.01. The van der Waals surface area contributed by atoms with Crippen molar-refractivity contribution in [1.82, 2.24) is 0 Å². The van der Waals surface area contributed by atoms with Crippen molar-refractivity contribution in [2.75, 3.05) is 0 Å². The van der Waals surface area contributed by atoms with Gasteiger partial charge in [-0.2, -0.15) is 0 Å². The molecule has 0 aromatic rings. The van der Waals surface area contributed by atoms with E-state index in [1.807, 2.05) is 6.92 Å². The molecule has 0 saturated heterocycles. The van der Waals surface area contributed by atoms with Gasteiger partial charge in [-0.25, -0.2) is 0 Å². The first kappa shape index (κ1) is 13.8. The molecule has 4 aliphatic rings. The normalized spacial score (nSPS) is 54.6. The molecule has 0 amide bonds. The van der Waals surface area contributed by atoms with E-state index in [4.69, 9.17) is 1.37 Å². The molecule has 3 saturated carbocycles. The minimum Gasteiger partial charge on any atom is -0.300 e. The van der Waals surface area contributed by atoms with Crippen molar-refractivity contribution >= 4 is 5.78 Å². The van der Waals surface area contributed by atoms with Crippen LogP contribution in [-0.2, 0) is 4.79 Å². The maximum atomic E-state index is 12.2. The van der Waals surface area contributed by atoms with E-state index in [0.717, 1.165) is 18.8 Å². The van der Waals surface area contributed by atoms with E-state index in [1.165, 1.54) is 38.5 Å². The lowest BCUT2D eigenvalue weighted by molar-refractivity contribution is -0.127. The fourth-order valence-corrected chi connectivity index (χ4v) is 7.11. The lowest BCUT2D eigenvalue weighted by Crippen LogP contribution is -2.50. The summed E-state index contributed by atoms with van der Waals surface area (Å²) in [4.78, 5) is 12.2. The largest absolute Gasteiger partial charge is 0.300 e. The van der Waals surface area contributed by atoms with Crippen molar-refractivity contribution in [1.29, 1.82) is 0 Å². The third-order valence-electron chi connectivity index (χ3n) is 8.25. The molecule has 1 heteroatoms. The quantitative estimate of drug-likeness (QED) is 0.581. The zero-order valence-corrected chi connectivity index (χ0v) is 14.5. The molecule has 0 aromatic heterocycles. The Morgan fingerprint density at radius 2 is 2.05 bits per heavy atom. The summed E-state index contributed by atoms with van der Waals surface area (Å²) in [5, 5.41) is 0. The van der Waals surface area contributed by atoms with Crippen molar-refractivity contribution in [2.45, 2.75) is 78.5 Å². The standard InChI is InChI=1S/C21H32O/c1-14(22)17-9-10-18-16-8-7-15-6-4-5-12-20(15,2)19(16)11-13-21(17,18)3/h7,16-19H,4-6,8-13H2,1-3H3/t16?,17-,18?,19?,20+,21-/m1/s1/i12D/t12?,16?,17-,18?,19?,20+,21-. The average molecular weight is 301 g/mol. The number of Topliss-reactive ketones (excluding diaryl/α,β-unsaturated/α-hetero) is 1. The Kier molecular flexibility index (Phi) is 3.11. The second kappa shape index (κ2) is 4.95. The molecule has 22 heavy (non-hydrogen) atoms. The molecule has 0 spiro atoms. The van der Waals surface area contributed by atoms with E-state index in [0.29, 0.717) is 23.5 Å². The molecule has 0 bridgehead atoms. The number of hydrogen-bond donors (Lipinski definition) is 0. The molecule has 0 aromatic carbocycles. The van der Waals surface area contributed by atoms with Crippen LogP contribution in [0.15, 0.2) is 11.6 Å². The Morgan fingerprint density at radius 1 is 1.23 bits per heavy atom. The fraction of sp³-hybridized carbons (Fsp3) is 0.857. The smallest absolute Gasteiger partial charge is 0.133 e. The van der Waals surface area contributed by atoms with E-state index in [2.05, 4.69) is 19.9 Å². The van der Waals surface area contributed by atoms with Crippen molar-refractivity contribution in [3.05, 3.63) is 11.6 Å². The minimum absolute atomic E-state index is 0.0877. The molecule has 0 N–H and O–H groups in total. The van der Waals surface area contributed by atoms with Crippen molar-refractivity contribution in [3.8, 4) is 0 Å². The van der Waals surface area contributed by atoms with E-state index in [-0.39, 0.29) is 17.2 Å². The minimum atomic E-state index is 0.0877. The Balaban J connectivity index is 1.70. The van der Waals surface area contributed by atoms with Gasteiger partial charge in [0, 0.05) is 7.29 Å². The van der Waals surface area contributed by atoms with Gasteiger partial charge in [0.2, 0.25) is 0 Å². The lowest BCUT2D eigenvalue weighted by atomic mass is 9.47. The summed E-state index contributed by atoms with van der Waals surface area (Å²) >= 11 is 0. The molecule has 1 nitrogen and oxygen atoms in total. The van der Waals surface area contributed by atoms with Crippen LogP contribution in [0.25, 0.3) is 0 Å². The van der Waals surface area contributed by atoms with Gasteiger partial charge in [-0.3, -0.25) is 4.79 Å². The number of carbonyl (C=O) groups is 1. The molecule has 3 fully saturated rings. The van der Waals surface area contributed by atoms with Gasteiger partial charge in [-0.15, -0.1) is 0 Å². The highest BCUT2D eigenvalue weighted by molar-refractivity contribution is 5.79. The van der Waals surface area contributed by atoms with Gasteiger partial charge >= 0.3 is 0 Å². The molecule has 0 radical (unpaired) electrons. The summed E-state index contributed by atoms with van der Waals surface area (Å²) in [7, 11) is 0. The summed E-state index contributed by atoms with van der Waals surface area (Å²) in [5.74, 6) is 2.83. The maximum Gasteiger partial charge on any atom is 0.133 e. The fourth-order valence-electron chi connectivity index (χ4n) is 7.11. The highest BCUT2D eigenvalue weighted by Gasteiger charge is 2.58. The van der Waals surface area contributed by atoms with Gasteiger partial charge in [-0.05, 0) is 86.9 Å². The molecule has 122 valence electrons. The Bertz CT molecular complexity index is 552. The predicted octanol–water partition coefficient (Wildman–Crippen LogP) is 5.54. The molecule has 4 unspecified atom stereocenters. The van der Waals surface area contributed by atoms with Crippen LogP contribution in [0.2, 0.25) is 0 Å². The number of rotatable bonds is 1. The molecular weight excluding hydrogens is 268 g/mol. The van der Waals surface area contributed by atoms with E-state index < -0.39 is 0 Å². The van der Waals surface area contributed by atoms with E-state index in [1.54, 1.807) is 5.57 Å². The summed E-state index contributed by atoms with van der Waals surface area (Å²) in [6.07, 6.45) is 12.1. The number of carbonyl (C=O) groups excluding carboxylic acids is 1. The van der Waals surface area contributed by atoms with Gasteiger partial charge < -0.3 is 0 Å². The summed E-state index contributed by atoms with van der Waals surface area (Å²) < 4.78 is 8.77. The lowest BCUT2D eigenvalue weighted by Gasteiger charge is -2.57. The molecule has 4 rings (SSSR count). The van der Waals surface area contributed by atoms with Crippen LogP contribution in [0.5, 0.6) is 0 Å². The molecule has 4 aliphatic carbocycles. The Hall–Kier alpha value is -0.590. The molecule has 0 heterocycles. The topological polar surface area (TPSA) is 17.1 Å². The van der Waals surface area contributed by atoms with Gasteiger partial charge in [0.25, 0.3) is 0 Å². The van der Waals surface area contributed by atoms with Gasteiger partial charge in [0.05, 0.1) is 0 Å². The highest BCUT2D eigenvalue weighted by Crippen LogP contribution is 2.66. The number of ketones is 1. The van der Waals surface area contributed by atoms with Crippen LogP contribution in [0.1, 0.15) is 79.9 Å². The predicted molar refractivity (Wildman–Crippen MR) is 90.5 cm³/mol. The van der Waals surface area contributed by atoms with Crippen LogP contribution < -0.4 is 0 Å². The van der Waals surface area contributed by atoms with E-state index in [9.17, 15) is 4.79 Å². The first-order chi connectivity index (χ1) is 10.9. The number of hydrogen-bond acceptors (Lipinski definition) is 1. The van der Waals surface area contributed by atoms with Gasteiger partial charge in [-0.1, -0.05) is 31.9 Å². The summed E-state index contributed by atoms with van der Waals surface area (Å²) in [6.45, 7) is 6.63. The van der Waals surface area contributed by atoms with Crippen LogP contribution in [-0.4, -0.2) is 5.78 Å². The van der Waals surface area contributed by atoms with Gasteiger partial charge in [0.15, 0.2) is 0 Å². The van der Waals surface area contributed by atoms with Crippen LogP contribution >= 0.6 is 0 Å². The van der Waals surface area contributed by atoms with Crippen LogP contribution in [0.4, 0.5) is 0 Å². The van der Waals surface area contributed by atoms with Crippen molar-refractivity contribution < 1.29 is 6.17 Å². The van der Waals surface area contributed by atoms with Crippen molar-refractivity contribution in [3.63, 3.8) is 0 Å². The Morgan fingerprint density at radius 3 is 2.82 bits per heavy atom. The molecule has 0 aliphatic heterocycles. The van der Waals surface area contributed by atoms with Crippen molar-refractivity contribution in [2.24, 2.45) is 34.5 Å². The Labute approximate surface area is 137 Å². The zero-order chi connectivity index (χ0) is 16.4. The number of allylic oxidation sites excluding steroid dienone is 2. The maximum absolute atomic E-state index is 12.2. The van der Waals surface area contributed by atoms with E-state index >= 15 is 0 Å². The molecular formula is C21H32O. The van der Waals surface area contributed by atoms with Gasteiger partial charge in [0.1, 0.15) is 5.78 Å². The summed E-state index contributed by atoms with van der Waals surface area (Å²) in [6, 6.07) is 0. The SMILES string of the molecule is [2H]C1CCCC2=CCC3C(CC[C@@]4(C)C3CC[C@@H]4C(C)=O)[C@]21C. The molecule has 7 atom stereocenters. The third kappa shape index (κ3) is 1.86. The van der Waals surface area contributed by atoms with Crippen LogP contribution in [0, 0.1) is 34.5 Å². The van der Waals surface area contributed by atoms with Crippen LogP contribution in [0.3, 0.4) is 0 Å². The monoisotopic (exact) mass is 301 g/mol. The second-order valence-corrected chi connectivity index (χ2v) is 9.01. The zero-order valence-electron chi connectivity index (χ0n) is 15.5. The number of fused-ring (bicyclic) bond motifs is 5.